The molecule has 1 fully saturated rings. The van der Waals surface area contributed by atoms with Crippen molar-refractivity contribution in [3.63, 3.8) is 0 Å². The molecule has 0 aliphatic carbocycles. The minimum Gasteiger partial charge on any atom is -0.495 e. The number of ether oxygens (including phenoxy) is 2. The van der Waals surface area contributed by atoms with E-state index in [9.17, 15) is 18.0 Å². The Balaban J connectivity index is 1.63. The first-order valence-corrected chi connectivity index (χ1v) is 11.7. The number of hydrogen-bond donors (Lipinski definition) is 2. The van der Waals surface area contributed by atoms with E-state index in [0.29, 0.717) is 29.5 Å². The van der Waals surface area contributed by atoms with Gasteiger partial charge in [-0.25, -0.2) is 8.42 Å². The van der Waals surface area contributed by atoms with Crippen molar-refractivity contribution in [2.24, 2.45) is 0 Å². The first-order valence-electron chi connectivity index (χ1n) is 9.91. The standard InChI is InChI=1S/C21H24ClN3O6S/c1-30-18-7-6-15(14-19(18)32(28,29)25-10-12-31-13-11-25)24-20(26)8-9-23-21(27)16-4-2-3-5-17(16)22/h2-7,14H,8-13H2,1H3,(H,23,27)(H,24,26). The van der Waals surface area contributed by atoms with Gasteiger partial charge in [-0.05, 0) is 30.3 Å². The summed E-state index contributed by atoms with van der Waals surface area (Å²) in [7, 11) is -2.44. The van der Waals surface area contributed by atoms with Crippen LogP contribution in [0.2, 0.25) is 5.02 Å². The van der Waals surface area contributed by atoms with Gasteiger partial charge < -0.3 is 20.1 Å². The Labute approximate surface area is 191 Å². The number of halogens is 1. The van der Waals surface area contributed by atoms with Crippen LogP contribution in [0.5, 0.6) is 5.75 Å². The van der Waals surface area contributed by atoms with Crippen molar-refractivity contribution in [2.75, 3.05) is 45.3 Å². The van der Waals surface area contributed by atoms with Gasteiger partial charge >= 0.3 is 0 Å². The molecule has 2 aromatic carbocycles. The van der Waals surface area contributed by atoms with E-state index >= 15 is 0 Å². The third kappa shape index (κ3) is 5.77. The highest BCUT2D eigenvalue weighted by Crippen LogP contribution is 2.30. The molecule has 2 amide bonds. The predicted octanol–water partition coefficient (Wildman–Crippen LogP) is 2.13. The van der Waals surface area contributed by atoms with Crippen LogP contribution in [0.4, 0.5) is 5.69 Å². The molecule has 0 aromatic heterocycles. The number of hydrogen-bond acceptors (Lipinski definition) is 6. The molecule has 1 aliphatic heterocycles. The van der Waals surface area contributed by atoms with Gasteiger partial charge in [-0.1, -0.05) is 23.7 Å². The maximum absolute atomic E-state index is 13.0. The van der Waals surface area contributed by atoms with E-state index in [4.69, 9.17) is 21.1 Å². The summed E-state index contributed by atoms with van der Waals surface area (Å²) in [5, 5.41) is 5.61. The van der Waals surface area contributed by atoms with Crippen LogP contribution in [0.15, 0.2) is 47.4 Å². The zero-order valence-electron chi connectivity index (χ0n) is 17.5. The average molecular weight is 482 g/mol. The largest absolute Gasteiger partial charge is 0.495 e. The molecule has 1 heterocycles. The van der Waals surface area contributed by atoms with Crippen molar-refractivity contribution in [1.29, 1.82) is 0 Å². The molecule has 11 heteroatoms. The molecule has 2 aromatic rings. The molecule has 2 N–H and O–H groups in total. The molecule has 1 saturated heterocycles. The van der Waals surface area contributed by atoms with Crippen LogP contribution < -0.4 is 15.4 Å². The van der Waals surface area contributed by atoms with E-state index in [-0.39, 0.29) is 48.5 Å². The number of carbonyl (C=O) groups is 2. The van der Waals surface area contributed by atoms with E-state index in [1.165, 1.54) is 23.5 Å². The molecule has 1 aliphatic rings. The molecule has 32 heavy (non-hydrogen) atoms. The molecule has 0 saturated carbocycles. The number of methoxy groups -OCH3 is 1. The first-order chi connectivity index (χ1) is 15.3. The fraction of sp³-hybridized carbons (Fsp3) is 0.333. The van der Waals surface area contributed by atoms with E-state index in [0.717, 1.165) is 0 Å². The van der Waals surface area contributed by atoms with Crippen LogP contribution in [0.3, 0.4) is 0 Å². The van der Waals surface area contributed by atoms with Crippen molar-refractivity contribution in [1.82, 2.24) is 9.62 Å². The normalized spacial score (nSPS) is 14.6. The number of carbonyl (C=O) groups excluding carboxylic acids is 2. The smallest absolute Gasteiger partial charge is 0.252 e. The predicted molar refractivity (Wildman–Crippen MR) is 120 cm³/mol. The molecular formula is C21H24ClN3O6S. The number of morpholine rings is 1. The lowest BCUT2D eigenvalue weighted by Crippen LogP contribution is -2.40. The van der Waals surface area contributed by atoms with Crippen molar-refractivity contribution < 1.29 is 27.5 Å². The summed E-state index contributed by atoms with van der Waals surface area (Å²) in [5.41, 5.74) is 0.628. The number of rotatable bonds is 8. The second-order valence-electron chi connectivity index (χ2n) is 6.92. The van der Waals surface area contributed by atoms with Crippen molar-refractivity contribution >= 4 is 39.1 Å². The van der Waals surface area contributed by atoms with Gasteiger partial charge in [0.15, 0.2) is 0 Å². The Morgan fingerprint density at radius 2 is 1.88 bits per heavy atom. The highest BCUT2D eigenvalue weighted by Gasteiger charge is 2.29. The van der Waals surface area contributed by atoms with Crippen molar-refractivity contribution in [3.8, 4) is 5.75 Å². The number of benzene rings is 2. The Bertz CT molecular complexity index is 1090. The third-order valence-electron chi connectivity index (χ3n) is 4.79. The molecule has 0 bridgehead atoms. The van der Waals surface area contributed by atoms with Gasteiger partial charge in [0.1, 0.15) is 10.6 Å². The minimum absolute atomic E-state index is 0.00618. The maximum Gasteiger partial charge on any atom is 0.252 e. The summed E-state index contributed by atoms with van der Waals surface area (Å²) in [6.45, 7) is 1.21. The number of amides is 2. The van der Waals surface area contributed by atoms with Crippen LogP contribution in [0.1, 0.15) is 16.8 Å². The van der Waals surface area contributed by atoms with Crippen LogP contribution in [-0.2, 0) is 19.6 Å². The van der Waals surface area contributed by atoms with Crippen LogP contribution in [0, 0.1) is 0 Å². The third-order valence-corrected chi connectivity index (χ3v) is 7.04. The maximum atomic E-state index is 13.0. The fourth-order valence-corrected chi connectivity index (χ4v) is 4.95. The van der Waals surface area contributed by atoms with Gasteiger partial charge in [0.25, 0.3) is 5.91 Å². The topological polar surface area (TPSA) is 114 Å². The van der Waals surface area contributed by atoms with Gasteiger partial charge in [-0.15, -0.1) is 0 Å². The summed E-state index contributed by atoms with van der Waals surface area (Å²) >= 11 is 5.99. The molecule has 3 rings (SSSR count). The summed E-state index contributed by atoms with van der Waals surface area (Å²) in [6.07, 6.45) is -0.00618. The van der Waals surface area contributed by atoms with Crippen LogP contribution >= 0.6 is 11.6 Å². The Morgan fingerprint density at radius 1 is 1.16 bits per heavy atom. The number of anilines is 1. The first kappa shape index (κ1) is 24.0. The van der Waals surface area contributed by atoms with Gasteiger partial charge in [-0.3, -0.25) is 9.59 Å². The highest BCUT2D eigenvalue weighted by molar-refractivity contribution is 7.89. The Kier molecular flexibility index (Phi) is 8.08. The minimum atomic E-state index is -3.82. The summed E-state index contributed by atoms with van der Waals surface area (Å²) < 4.78 is 37.8. The summed E-state index contributed by atoms with van der Waals surface area (Å²) in [5.74, 6) is -0.586. The number of sulfonamides is 1. The van der Waals surface area contributed by atoms with Gasteiger partial charge in [0.05, 0.1) is 30.9 Å². The number of nitrogens with one attached hydrogen (secondary N) is 2. The molecular weight excluding hydrogens is 458 g/mol. The molecule has 0 radical (unpaired) electrons. The average Bonchev–Trinajstić information content (AvgIpc) is 2.79. The highest BCUT2D eigenvalue weighted by atomic mass is 35.5. The monoisotopic (exact) mass is 481 g/mol. The lowest BCUT2D eigenvalue weighted by Gasteiger charge is -2.26. The lowest BCUT2D eigenvalue weighted by molar-refractivity contribution is -0.116. The fourth-order valence-electron chi connectivity index (χ4n) is 3.14. The van der Waals surface area contributed by atoms with Crippen molar-refractivity contribution in [3.05, 3.63) is 53.1 Å². The zero-order chi connectivity index (χ0) is 23.1. The van der Waals surface area contributed by atoms with Crippen LogP contribution in [0.25, 0.3) is 0 Å². The zero-order valence-corrected chi connectivity index (χ0v) is 19.0. The Hall–Kier alpha value is -2.66. The van der Waals surface area contributed by atoms with Crippen LogP contribution in [-0.4, -0.2) is 64.5 Å². The van der Waals surface area contributed by atoms with E-state index in [1.807, 2.05) is 0 Å². The summed E-state index contributed by atoms with van der Waals surface area (Å²) in [6, 6.07) is 11.0. The molecule has 0 spiro atoms. The Morgan fingerprint density at radius 3 is 2.56 bits per heavy atom. The molecule has 172 valence electrons. The molecule has 0 unspecified atom stereocenters. The van der Waals surface area contributed by atoms with Gasteiger partial charge in [-0.2, -0.15) is 4.31 Å². The van der Waals surface area contributed by atoms with E-state index in [1.54, 1.807) is 30.3 Å². The van der Waals surface area contributed by atoms with E-state index in [2.05, 4.69) is 10.6 Å². The quantitative estimate of drug-likeness (QED) is 0.597. The second-order valence-corrected chi connectivity index (χ2v) is 9.23. The SMILES string of the molecule is COc1ccc(NC(=O)CCNC(=O)c2ccccc2Cl)cc1S(=O)(=O)N1CCOCC1. The lowest BCUT2D eigenvalue weighted by atomic mass is 10.2. The second kappa shape index (κ2) is 10.8. The van der Waals surface area contributed by atoms with E-state index < -0.39 is 10.0 Å². The van der Waals surface area contributed by atoms with Gasteiger partial charge in [0.2, 0.25) is 15.9 Å². The molecule has 9 nitrogen and oxygen atoms in total. The number of nitrogens with zero attached hydrogens (tertiary/aromatic N) is 1. The molecule has 0 atom stereocenters. The van der Waals surface area contributed by atoms with Crippen molar-refractivity contribution in [2.45, 2.75) is 11.3 Å². The summed E-state index contributed by atoms with van der Waals surface area (Å²) in [4.78, 5) is 24.4. The van der Waals surface area contributed by atoms with Gasteiger partial charge in [0, 0.05) is 31.7 Å².